The molecule has 3 rings (SSSR count). The standard InChI is InChI=1S/C20H31N3O2/c1-4-17-5-7-18(8-6-17)19-11-21-9-10-22(19)14-20(24)23-12-15(2)25-16(3)13-23/h5-8,15-16,19,21H,4,9-14H2,1-3H3. The van der Waals surface area contributed by atoms with Gasteiger partial charge in [-0.15, -0.1) is 0 Å². The highest BCUT2D eigenvalue weighted by atomic mass is 16.5. The van der Waals surface area contributed by atoms with Crippen molar-refractivity contribution in [3.05, 3.63) is 35.4 Å². The number of rotatable bonds is 4. The Balaban J connectivity index is 1.67. The van der Waals surface area contributed by atoms with E-state index in [-0.39, 0.29) is 24.2 Å². The lowest BCUT2D eigenvalue weighted by Gasteiger charge is -2.39. The van der Waals surface area contributed by atoms with Crippen LogP contribution in [0.15, 0.2) is 24.3 Å². The molecule has 2 heterocycles. The number of benzene rings is 1. The highest BCUT2D eigenvalue weighted by molar-refractivity contribution is 5.78. The van der Waals surface area contributed by atoms with Gasteiger partial charge in [-0.1, -0.05) is 31.2 Å². The van der Waals surface area contributed by atoms with Gasteiger partial charge in [-0.25, -0.2) is 0 Å². The van der Waals surface area contributed by atoms with E-state index in [1.807, 2.05) is 18.7 Å². The highest BCUT2D eigenvalue weighted by Gasteiger charge is 2.30. The third-order valence-corrected chi connectivity index (χ3v) is 5.24. The van der Waals surface area contributed by atoms with Gasteiger partial charge in [0.25, 0.3) is 0 Å². The molecule has 3 atom stereocenters. The molecule has 0 saturated carbocycles. The Morgan fingerprint density at radius 3 is 2.52 bits per heavy atom. The maximum atomic E-state index is 12.8. The fourth-order valence-electron chi connectivity index (χ4n) is 3.90. The molecular formula is C20H31N3O2. The Morgan fingerprint density at radius 2 is 1.88 bits per heavy atom. The predicted octanol–water partition coefficient (Wildman–Crippen LogP) is 1.83. The highest BCUT2D eigenvalue weighted by Crippen LogP contribution is 2.23. The minimum absolute atomic E-state index is 0.119. The van der Waals surface area contributed by atoms with Gasteiger partial charge < -0.3 is 15.0 Å². The van der Waals surface area contributed by atoms with E-state index < -0.39 is 0 Å². The molecule has 0 spiro atoms. The Kier molecular flexibility index (Phi) is 6.10. The number of carbonyl (C=O) groups is 1. The lowest BCUT2D eigenvalue weighted by molar-refractivity contribution is -0.145. The Hall–Kier alpha value is -1.43. The minimum Gasteiger partial charge on any atom is -0.372 e. The number of nitrogens with one attached hydrogen (secondary N) is 1. The average molecular weight is 345 g/mol. The first-order valence-corrected chi connectivity index (χ1v) is 9.53. The molecule has 25 heavy (non-hydrogen) atoms. The summed E-state index contributed by atoms with van der Waals surface area (Å²) >= 11 is 0. The monoisotopic (exact) mass is 345 g/mol. The molecule has 0 bridgehead atoms. The van der Waals surface area contributed by atoms with Crippen molar-refractivity contribution < 1.29 is 9.53 Å². The van der Waals surface area contributed by atoms with Gasteiger partial charge in [-0.3, -0.25) is 9.69 Å². The lowest BCUT2D eigenvalue weighted by atomic mass is 10.0. The van der Waals surface area contributed by atoms with Crippen molar-refractivity contribution in [1.29, 1.82) is 0 Å². The van der Waals surface area contributed by atoms with Crippen LogP contribution in [0.4, 0.5) is 0 Å². The second-order valence-corrected chi connectivity index (χ2v) is 7.34. The van der Waals surface area contributed by atoms with E-state index in [1.54, 1.807) is 0 Å². The molecule has 1 aromatic carbocycles. The van der Waals surface area contributed by atoms with Crippen LogP contribution < -0.4 is 5.32 Å². The van der Waals surface area contributed by atoms with Crippen LogP contribution in [0.25, 0.3) is 0 Å². The maximum absolute atomic E-state index is 12.8. The third kappa shape index (κ3) is 4.60. The molecule has 2 saturated heterocycles. The van der Waals surface area contributed by atoms with Crippen molar-refractivity contribution in [2.24, 2.45) is 0 Å². The molecule has 1 aromatic rings. The molecule has 2 aliphatic heterocycles. The molecule has 2 aliphatic rings. The maximum Gasteiger partial charge on any atom is 0.236 e. The SMILES string of the molecule is CCc1ccc(C2CNCCN2CC(=O)N2CC(C)OC(C)C2)cc1. The molecule has 0 radical (unpaired) electrons. The quantitative estimate of drug-likeness (QED) is 0.904. The van der Waals surface area contributed by atoms with Crippen LogP contribution in [-0.2, 0) is 16.0 Å². The minimum atomic E-state index is 0.119. The molecule has 1 N–H and O–H groups in total. The van der Waals surface area contributed by atoms with Crippen molar-refractivity contribution in [1.82, 2.24) is 15.1 Å². The smallest absolute Gasteiger partial charge is 0.236 e. The van der Waals surface area contributed by atoms with Crippen LogP contribution in [0, 0.1) is 0 Å². The predicted molar refractivity (Wildman–Crippen MR) is 99.6 cm³/mol. The van der Waals surface area contributed by atoms with Crippen LogP contribution in [-0.4, -0.2) is 67.2 Å². The Labute approximate surface area is 151 Å². The average Bonchev–Trinajstić information content (AvgIpc) is 2.61. The van der Waals surface area contributed by atoms with E-state index in [1.165, 1.54) is 11.1 Å². The van der Waals surface area contributed by atoms with Gasteiger partial charge in [-0.05, 0) is 31.4 Å². The van der Waals surface area contributed by atoms with Gasteiger partial charge in [0.05, 0.1) is 18.8 Å². The number of carbonyl (C=O) groups excluding carboxylic acids is 1. The zero-order valence-electron chi connectivity index (χ0n) is 15.7. The summed E-state index contributed by atoms with van der Waals surface area (Å²) < 4.78 is 5.75. The first-order valence-electron chi connectivity index (χ1n) is 9.53. The number of hydrogen-bond acceptors (Lipinski definition) is 4. The van der Waals surface area contributed by atoms with Crippen molar-refractivity contribution in [3.63, 3.8) is 0 Å². The van der Waals surface area contributed by atoms with Crippen LogP contribution in [0.1, 0.15) is 37.9 Å². The van der Waals surface area contributed by atoms with Crippen LogP contribution in [0.5, 0.6) is 0 Å². The number of piperazine rings is 1. The Morgan fingerprint density at radius 1 is 1.20 bits per heavy atom. The number of ether oxygens (including phenoxy) is 1. The van der Waals surface area contributed by atoms with Gasteiger partial charge in [0.2, 0.25) is 5.91 Å². The molecule has 3 unspecified atom stereocenters. The molecule has 2 fully saturated rings. The first kappa shape index (κ1) is 18.4. The van der Waals surface area contributed by atoms with Gasteiger partial charge in [0, 0.05) is 38.8 Å². The summed E-state index contributed by atoms with van der Waals surface area (Å²) in [6, 6.07) is 9.10. The molecular weight excluding hydrogens is 314 g/mol. The summed E-state index contributed by atoms with van der Waals surface area (Å²) in [5.41, 5.74) is 2.65. The normalized spacial score (nSPS) is 28.1. The number of nitrogens with zero attached hydrogens (tertiary/aromatic N) is 2. The summed E-state index contributed by atoms with van der Waals surface area (Å²) in [4.78, 5) is 17.1. The van der Waals surface area contributed by atoms with Crippen molar-refractivity contribution in [3.8, 4) is 0 Å². The first-order chi connectivity index (χ1) is 12.1. The van der Waals surface area contributed by atoms with E-state index in [2.05, 4.69) is 41.4 Å². The van der Waals surface area contributed by atoms with Crippen molar-refractivity contribution in [2.45, 2.75) is 45.4 Å². The van der Waals surface area contributed by atoms with Gasteiger partial charge >= 0.3 is 0 Å². The van der Waals surface area contributed by atoms with Crippen molar-refractivity contribution in [2.75, 3.05) is 39.3 Å². The summed E-state index contributed by atoms with van der Waals surface area (Å²) in [5, 5.41) is 3.47. The van der Waals surface area contributed by atoms with Crippen molar-refractivity contribution >= 4 is 5.91 Å². The van der Waals surface area contributed by atoms with Crippen LogP contribution in [0.2, 0.25) is 0 Å². The fourth-order valence-corrected chi connectivity index (χ4v) is 3.90. The van der Waals surface area contributed by atoms with E-state index in [4.69, 9.17) is 4.74 Å². The summed E-state index contributed by atoms with van der Waals surface area (Å²) in [7, 11) is 0. The largest absolute Gasteiger partial charge is 0.372 e. The fraction of sp³-hybridized carbons (Fsp3) is 0.650. The summed E-state index contributed by atoms with van der Waals surface area (Å²) in [6.07, 6.45) is 1.29. The Bertz CT molecular complexity index is 565. The topological polar surface area (TPSA) is 44.8 Å². The van der Waals surface area contributed by atoms with E-state index >= 15 is 0 Å². The molecule has 0 aliphatic carbocycles. The summed E-state index contributed by atoms with van der Waals surface area (Å²) in [6.45, 7) is 10.9. The molecule has 1 amide bonds. The number of hydrogen-bond donors (Lipinski definition) is 1. The van der Waals surface area contributed by atoms with E-state index in [9.17, 15) is 4.79 Å². The molecule has 0 aromatic heterocycles. The van der Waals surface area contributed by atoms with Crippen LogP contribution in [0.3, 0.4) is 0 Å². The van der Waals surface area contributed by atoms with Gasteiger partial charge in [-0.2, -0.15) is 0 Å². The summed E-state index contributed by atoms with van der Waals surface area (Å²) in [5.74, 6) is 0.221. The molecule has 138 valence electrons. The molecule has 5 heteroatoms. The number of amides is 1. The van der Waals surface area contributed by atoms with Gasteiger partial charge in [0.15, 0.2) is 0 Å². The number of morpholine rings is 1. The van der Waals surface area contributed by atoms with E-state index in [0.717, 1.165) is 26.1 Å². The van der Waals surface area contributed by atoms with E-state index in [0.29, 0.717) is 19.6 Å². The second-order valence-electron chi connectivity index (χ2n) is 7.34. The van der Waals surface area contributed by atoms with Crippen LogP contribution >= 0.6 is 0 Å². The lowest BCUT2D eigenvalue weighted by Crippen LogP contribution is -2.54. The second kappa shape index (κ2) is 8.30. The third-order valence-electron chi connectivity index (χ3n) is 5.24. The number of aryl methyl sites for hydroxylation is 1. The zero-order chi connectivity index (χ0) is 17.8. The zero-order valence-corrected chi connectivity index (χ0v) is 15.7. The molecule has 5 nitrogen and oxygen atoms in total. The van der Waals surface area contributed by atoms with Gasteiger partial charge in [0.1, 0.15) is 0 Å².